The molecule has 1 atom stereocenters. The Labute approximate surface area is 253 Å². The van der Waals surface area contributed by atoms with Gasteiger partial charge in [-0.05, 0) is 92.8 Å². The molecular formula is C33H40FN3O5S. The fourth-order valence-corrected chi connectivity index (χ4v) is 6.81. The maximum atomic E-state index is 14.2. The Morgan fingerprint density at radius 3 is 2.23 bits per heavy atom. The van der Waals surface area contributed by atoms with Crippen LogP contribution in [0.4, 0.5) is 10.1 Å². The van der Waals surface area contributed by atoms with Gasteiger partial charge in [-0.1, -0.05) is 44.0 Å². The second kappa shape index (κ2) is 14.5. The van der Waals surface area contributed by atoms with Crippen molar-refractivity contribution in [2.24, 2.45) is 0 Å². The van der Waals surface area contributed by atoms with Gasteiger partial charge >= 0.3 is 0 Å². The summed E-state index contributed by atoms with van der Waals surface area (Å²) in [5.74, 6) is -0.826. The standard InChI is InChI=1S/C33H40FN3O5S/c1-4-31(33(39)35-27-12-8-9-13-27)36(22-25-11-7-6-10-24(25)3)32(38)23-37(28-16-14-26(34)15-17-28)43(40,41)30-20-18-29(19-21-30)42-5-2/h6-7,10-11,14-21,27,31H,4-5,8-9,12-13,22-23H2,1-3H3,(H,35,39). The van der Waals surface area contributed by atoms with Crippen LogP contribution in [-0.2, 0) is 26.2 Å². The Balaban J connectivity index is 1.71. The summed E-state index contributed by atoms with van der Waals surface area (Å²) in [5.41, 5.74) is 1.93. The summed E-state index contributed by atoms with van der Waals surface area (Å²) in [5, 5.41) is 3.11. The molecule has 1 aliphatic rings. The number of nitrogens with zero attached hydrogens (tertiary/aromatic N) is 2. The summed E-state index contributed by atoms with van der Waals surface area (Å²) in [6.45, 7) is 5.56. The molecule has 1 N–H and O–H groups in total. The van der Waals surface area contributed by atoms with Crippen molar-refractivity contribution in [3.63, 3.8) is 0 Å². The lowest BCUT2D eigenvalue weighted by molar-refractivity contribution is -0.140. The maximum absolute atomic E-state index is 14.2. The summed E-state index contributed by atoms with van der Waals surface area (Å²) in [7, 11) is -4.27. The number of sulfonamides is 1. The summed E-state index contributed by atoms with van der Waals surface area (Å²) >= 11 is 0. The third-order valence-electron chi connectivity index (χ3n) is 7.81. The van der Waals surface area contributed by atoms with E-state index in [1.54, 1.807) is 12.1 Å². The van der Waals surface area contributed by atoms with Crippen LogP contribution in [0.2, 0.25) is 0 Å². The van der Waals surface area contributed by atoms with Crippen LogP contribution in [0.5, 0.6) is 5.75 Å². The number of nitrogens with one attached hydrogen (secondary N) is 1. The first kappa shape index (κ1) is 32.0. The number of rotatable bonds is 13. The molecule has 4 rings (SSSR count). The van der Waals surface area contributed by atoms with Gasteiger partial charge in [0.15, 0.2) is 0 Å². The van der Waals surface area contributed by atoms with Gasteiger partial charge in [0.1, 0.15) is 24.2 Å². The molecule has 43 heavy (non-hydrogen) atoms. The van der Waals surface area contributed by atoms with E-state index in [1.807, 2.05) is 45.0 Å². The summed E-state index contributed by atoms with van der Waals surface area (Å²) in [6.07, 6.45) is 4.23. The van der Waals surface area contributed by atoms with Gasteiger partial charge in [-0.3, -0.25) is 13.9 Å². The number of hydrogen-bond donors (Lipinski definition) is 1. The normalized spacial score (nSPS) is 14.2. The molecule has 2 amide bonds. The highest BCUT2D eigenvalue weighted by Gasteiger charge is 2.34. The van der Waals surface area contributed by atoms with Crippen molar-refractivity contribution in [2.75, 3.05) is 17.5 Å². The Morgan fingerprint density at radius 2 is 1.63 bits per heavy atom. The van der Waals surface area contributed by atoms with Crippen molar-refractivity contribution < 1.29 is 27.1 Å². The van der Waals surface area contributed by atoms with E-state index in [9.17, 15) is 22.4 Å². The number of anilines is 1. The minimum absolute atomic E-state index is 0.0513. The predicted octanol–water partition coefficient (Wildman–Crippen LogP) is 5.59. The lowest BCUT2D eigenvalue weighted by Crippen LogP contribution is -2.53. The van der Waals surface area contributed by atoms with Crippen LogP contribution in [0.15, 0.2) is 77.7 Å². The van der Waals surface area contributed by atoms with Crippen molar-refractivity contribution in [1.82, 2.24) is 10.2 Å². The van der Waals surface area contributed by atoms with E-state index in [0.717, 1.165) is 53.2 Å². The largest absolute Gasteiger partial charge is 0.494 e. The molecule has 230 valence electrons. The number of ether oxygens (including phenoxy) is 1. The van der Waals surface area contributed by atoms with E-state index in [2.05, 4.69) is 5.32 Å². The van der Waals surface area contributed by atoms with Crippen LogP contribution in [0.3, 0.4) is 0 Å². The third-order valence-corrected chi connectivity index (χ3v) is 9.59. The molecule has 1 unspecified atom stereocenters. The fourth-order valence-electron chi connectivity index (χ4n) is 5.40. The Bertz CT molecular complexity index is 1490. The van der Waals surface area contributed by atoms with Crippen molar-refractivity contribution in [2.45, 2.75) is 76.4 Å². The van der Waals surface area contributed by atoms with Gasteiger partial charge in [0.2, 0.25) is 11.8 Å². The second-order valence-electron chi connectivity index (χ2n) is 10.8. The van der Waals surface area contributed by atoms with Gasteiger partial charge in [-0.25, -0.2) is 12.8 Å². The molecule has 0 spiro atoms. The number of carbonyl (C=O) groups is 2. The number of aryl methyl sites for hydroxylation is 1. The molecule has 0 aromatic heterocycles. The number of hydrogen-bond acceptors (Lipinski definition) is 5. The zero-order chi connectivity index (χ0) is 31.0. The average Bonchev–Trinajstić information content (AvgIpc) is 3.50. The number of halogens is 1. The van der Waals surface area contributed by atoms with Crippen LogP contribution in [0.25, 0.3) is 0 Å². The molecule has 0 heterocycles. The van der Waals surface area contributed by atoms with Gasteiger partial charge in [-0.15, -0.1) is 0 Å². The molecule has 0 aliphatic heterocycles. The minimum Gasteiger partial charge on any atom is -0.494 e. The molecule has 1 saturated carbocycles. The van der Waals surface area contributed by atoms with Crippen LogP contribution in [0.1, 0.15) is 57.1 Å². The van der Waals surface area contributed by atoms with Crippen LogP contribution >= 0.6 is 0 Å². The Kier molecular flexibility index (Phi) is 10.8. The first-order chi connectivity index (χ1) is 20.6. The van der Waals surface area contributed by atoms with E-state index in [4.69, 9.17) is 4.74 Å². The van der Waals surface area contributed by atoms with Crippen molar-refractivity contribution in [3.05, 3.63) is 89.7 Å². The second-order valence-corrected chi connectivity index (χ2v) is 12.6. The predicted molar refractivity (Wildman–Crippen MR) is 165 cm³/mol. The van der Waals surface area contributed by atoms with E-state index in [-0.39, 0.29) is 29.1 Å². The monoisotopic (exact) mass is 609 g/mol. The molecule has 1 fully saturated rings. The molecule has 8 nitrogen and oxygen atoms in total. The average molecular weight is 610 g/mol. The Hall–Kier alpha value is -3.92. The van der Waals surface area contributed by atoms with Gasteiger partial charge in [-0.2, -0.15) is 0 Å². The van der Waals surface area contributed by atoms with Crippen LogP contribution in [0, 0.1) is 12.7 Å². The van der Waals surface area contributed by atoms with E-state index >= 15 is 0 Å². The fraction of sp³-hybridized carbons (Fsp3) is 0.394. The smallest absolute Gasteiger partial charge is 0.264 e. The van der Waals surface area contributed by atoms with Crippen LogP contribution in [-0.4, -0.2) is 50.4 Å². The molecule has 10 heteroatoms. The van der Waals surface area contributed by atoms with Gasteiger partial charge in [0.05, 0.1) is 17.2 Å². The first-order valence-corrected chi connectivity index (χ1v) is 16.2. The molecule has 3 aromatic carbocycles. The number of amides is 2. The van der Waals surface area contributed by atoms with E-state index in [1.165, 1.54) is 29.2 Å². The lowest BCUT2D eigenvalue weighted by Gasteiger charge is -2.34. The van der Waals surface area contributed by atoms with Crippen molar-refractivity contribution in [3.8, 4) is 5.75 Å². The molecule has 0 saturated heterocycles. The van der Waals surface area contributed by atoms with Crippen molar-refractivity contribution >= 4 is 27.5 Å². The van der Waals surface area contributed by atoms with Gasteiger partial charge in [0, 0.05) is 12.6 Å². The quantitative estimate of drug-likeness (QED) is 0.273. The molecule has 0 radical (unpaired) electrons. The summed E-state index contributed by atoms with van der Waals surface area (Å²) < 4.78 is 48.3. The minimum atomic E-state index is -4.27. The first-order valence-electron chi connectivity index (χ1n) is 14.8. The molecule has 3 aromatic rings. The highest BCUT2D eigenvalue weighted by Crippen LogP contribution is 2.27. The van der Waals surface area contributed by atoms with E-state index in [0.29, 0.717) is 18.8 Å². The summed E-state index contributed by atoms with van der Waals surface area (Å²) in [4.78, 5) is 29.2. The number of carbonyl (C=O) groups excluding carboxylic acids is 2. The third kappa shape index (κ3) is 7.93. The van der Waals surface area contributed by atoms with Gasteiger partial charge < -0.3 is 15.0 Å². The Morgan fingerprint density at radius 1 is 0.977 bits per heavy atom. The molecular weight excluding hydrogens is 569 g/mol. The summed E-state index contributed by atoms with van der Waals surface area (Å²) in [6, 6.07) is 17.7. The molecule has 0 bridgehead atoms. The SMILES string of the molecule is CCOc1ccc(S(=O)(=O)N(CC(=O)N(Cc2ccccc2C)C(CC)C(=O)NC2CCCC2)c2ccc(F)cc2)cc1. The molecule has 1 aliphatic carbocycles. The van der Waals surface area contributed by atoms with Gasteiger partial charge in [0.25, 0.3) is 10.0 Å². The van der Waals surface area contributed by atoms with Crippen molar-refractivity contribution in [1.29, 1.82) is 0 Å². The van der Waals surface area contributed by atoms with E-state index < -0.39 is 34.3 Å². The zero-order valence-corrected chi connectivity index (χ0v) is 25.8. The highest BCUT2D eigenvalue weighted by atomic mass is 32.2. The highest BCUT2D eigenvalue weighted by molar-refractivity contribution is 7.92. The maximum Gasteiger partial charge on any atom is 0.264 e. The topological polar surface area (TPSA) is 96.0 Å². The number of benzene rings is 3. The zero-order valence-electron chi connectivity index (χ0n) is 25.0. The van der Waals surface area contributed by atoms with Crippen LogP contribution < -0.4 is 14.4 Å². The lowest BCUT2D eigenvalue weighted by atomic mass is 10.1.